The predicted octanol–water partition coefficient (Wildman–Crippen LogP) is 1.97. The van der Waals surface area contributed by atoms with E-state index in [1.165, 1.54) is 12.1 Å². The van der Waals surface area contributed by atoms with Gasteiger partial charge in [-0.25, -0.2) is 0 Å². The van der Waals surface area contributed by atoms with Gasteiger partial charge in [0.25, 0.3) is 0 Å². The summed E-state index contributed by atoms with van der Waals surface area (Å²) in [4.78, 5) is 12.3. The monoisotopic (exact) mass is 314 g/mol. The van der Waals surface area contributed by atoms with Crippen LogP contribution in [-0.2, 0) is 9.53 Å². The van der Waals surface area contributed by atoms with Gasteiger partial charge in [0, 0.05) is 13.2 Å². The standard InChI is InChI=1S/C15H20F2N2O3/c1-10(11-3-2-4-12(9-11)22-14(16)17)19-13(20)15(18)5-7-21-8-6-15/h2-4,9-10,14H,5-8,18H2,1H3,(H,19,20). The fourth-order valence-electron chi connectivity index (χ4n) is 2.35. The summed E-state index contributed by atoms with van der Waals surface area (Å²) < 4.78 is 34.0. The molecular formula is C15H20F2N2O3. The van der Waals surface area contributed by atoms with E-state index >= 15 is 0 Å². The average Bonchev–Trinajstić information content (AvgIpc) is 2.47. The second-order valence-electron chi connectivity index (χ2n) is 5.41. The minimum absolute atomic E-state index is 0.0575. The van der Waals surface area contributed by atoms with Gasteiger partial charge in [0.15, 0.2) is 0 Å². The lowest BCUT2D eigenvalue weighted by atomic mass is 9.90. The lowest BCUT2D eigenvalue weighted by Crippen LogP contribution is -2.57. The minimum Gasteiger partial charge on any atom is -0.435 e. The van der Waals surface area contributed by atoms with E-state index in [1.54, 1.807) is 19.1 Å². The van der Waals surface area contributed by atoms with Crippen LogP contribution >= 0.6 is 0 Å². The number of alkyl halides is 2. The smallest absolute Gasteiger partial charge is 0.387 e. The molecule has 7 heteroatoms. The number of hydrogen-bond donors (Lipinski definition) is 2. The van der Waals surface area contributed by atoms with Crippen LogP contribution in [0.15, 0.2) is 24.3 Å². The number of ether oxygens (including phenoxy) is 2. The number of amides is 1. The van der Waals surface area contributed by atoms with E-state index in [9.17, 15) is 13.6 Å². The molecule has 1 amide bonds. The molecule has 0 bridgehead atoms. The summed E-state index contributed by atoms with van der Waals surface area (Å²) in [6.07, 6.45) is 0.917. The Kier molecular flexibility index (Phi) is 5.31. The Morgan fingerprint density at radius 2 is 2.09 bits per heavy atom. The molecule has 0 aromatic heterocycles. The normalized spacial score (nSPS) is 18.8. The van der Waals surface area contributed by atoms with Crippen LogP contribution in [0.1, 0.15) is 31.4 Å². The third-order valence-electron chi connectivity index (χ3n) is 3.77. The zero-order chi connectivity index (χ0) is 16.2. The van der Waals surface area contributed by atoms with Gasteiger partial charge in [0.1, 0.15) is 5.75 Å². The van der Waals surface area contributed by atoms with Crippen LogP contribution in [-0.4, -0.2) is 31.3 Å². The first-order valence-electron chi connectivity index (χ1n) is 7.13. The summed E-state index contributed by atoms with van der Waals surface area (Å²) in [6, 6.07) is 5.88. The van der Waals surface area contributed by atoms with Crippen molar-refractivity contribution in [3.05, 3.63) is 29.8 Å². The molecule has 1 aromatic carbocycles. The van der Waals surface area contributed by atoms with E-state index < -0.39 is 12.2 Å². The number of nitrogens with one attached hydrogen (secondary N) is 1. The van der Waals surface area contributed by atoms with Crippen molar-refractivity contribution in [1.82, 2.24) is 5.32 Å². The predicted molar refractivity (Wildman–Crippen MR) is 76.6 cm³/mol. The minimum atomic E-state index is -2.88. The fraction of sp³-hybridized carbons (Fsp3) is 0.533. The molecule has 1 aliphatic heterocycles. The molecule has 22 heavy (non-hydrogen) atoms. The number of carbonyl (C=O) groups excluding carboxylic acids is 1. The van der Waals surface area contributed by atoms with Crippen molar-refractivity contribution < 1.29 is 23.0 Å². The highest BCUT2D eigenvalue weighted by Gasteiger charge is 2.36. The molecule has 1 aliphatic rings. The van der Waals surface area contributed by atoms with Crippen molar-refractivity contribution in [2.45, 2.75) is 38.0 Å². The zero-order valence-electron chi connectivity index (χ0n) is 12.4. The third-order valence-corrected chi connectivity index (χ3v) is 3.77. The summed E-state index contributed by atoms with van der Waals surface area (Å²) in [5.41, 5.74) is 5.84. The molecule has 1 heterocycles. The summed E-state index contributed by atoms with van der Waals surface area (Å²) >= 11 is 0. The molecule has 1 fully saturated rings. The number of halogens is 2. The quantitative estimate of drug-likeness (QED) is 0.871. The second kappa shape index (κ2) is 7.02. The van der Waals surface area contributed by atoms with E-state index in [-0.39, 0.29) is 17.7 Å². The molecule has 5 nitrogen and oxygen atoms in total. The van der Waals surface area contributed by atoms with Gasteiger partial charge in [0.2, 0.25) is 5.91 Å². The van der Waals surface area contributed by atoms with Gasteiger partial charge >= 0.3 is 6.61 Å². The topological polar surface area (TPSA) is 73.6 Å². The second-order valence-corrected chi connectivity index (χ2v) is 5.41. The van der Waals surface area contributed by atoms with Crippen LogP contribution in [0, 0.1) is 0 Å². The molecule has 1 atom stereocenters. The van der Waals surface area contributed by atoms with Crippen molar-refractivity contribution in [2.24, 2.45) is 5.73 Å². The highest BCUT2D eigenvalue weighted by molar-refractivity contribution is 5.86. The fourth-order valence-corrected chi connectivity index (χ4v) is 2.35. The number of rotatable bonds is 5. The van der Waals surface area contributed by atoms with Crippen LogP contribution < -0.4 is 15.8 Å². The Hall–Kier alpha value is -1.73. The summed E-state index contributed by atoms with van der Waals surface area (Å²) in [6.45, 7) is -0.205. The van der Waals surface area contributed by atoms with Gasteiger partial charge in [0.05, 0.1) is 11.6 Å². The first kappa shape index (κ1) is 16.6. The molecule has 1 unspecified atom stereocenters. The first-order valence-corrected chi connectivity index (χ1v) is 7.13. The van der Waals surface area contributed by atoms with Crippen molar-refractivity contribution in [3.63, 3.8) is 0 Å². The largest absolute Gasteiger partial charge is 0.435 e. The Morgan fingerprint density at radius 3 is 2.73 bits per heavy atom. The van der Waals surface area contributed by atoms with E-state index in [2.05, 4.69) is 10.1 Å². The molecule has 0 saturated carbocycles. The van der Waals surface area contributed by atoms with E-state index in [0.29, 0.717) is 31.6 Å². The van der Waals surface area contributed by atoms with Crippen molar-refractivity contribution >= 4 is 5.91 Å². The summed E-state index contributed by atoms with van der Waals surface area (Å²) in [5, 5.41) is 2.82. The highest BCUT2D eigenvalue weighted by atomic mass is 19.3. The molecule has 122 valence electrons. The number of hydrogen-bond acceptors (Lipinski definition) is 4. The number of carbonyl (C=O) groups is 1. The first-order chi connectivity index (χ1) is 10.4. The van der Waals surface area contributed by atoms with Crippen LogP contribution in [0.3, 0.4) is 0 Å². The highest BCUT2D eigenvalue weighted by Crippen LogP contribution is 2.23. The van der Waals surface area contributed by atoms with Gasteiger partial charge in [-0.3, -0.25) is 4.79 Å². The molecule has 0 spiro atoms. The van der Waals surface area contributed by atoms with Crippen molar-refractivity contribution in [1.29, 1.82) is 0 Å². The Morgan fingerprint density at radius 1 is 1.41 bits per heavy atom. The molecule has 0 aliphatic carbocycles. The molecular weight excluding hydrogens is 294 g/mol. The number of benzene rings is 1. The maximum Gasteiger partial charge on any atom is 0.387 e. The van der Waals surface area contributed by atoms with E-state index in [1.807, 2.05) is 0 Å². The molecule has 3 N–H and O–H groups in total. The molecule has 1 saturated heterocycles. The van der Waals surface area contributed by atoms with Gasteiger partial charge in [-0.2, -0.15) is 8.78 Å². The van der Waals surface area contributed by atoms with Gasteiger partial charge < -0.3 is 20.5 Å². The van der Waals surface area contributed by atoms with Gasteiger partial charge in [-0.15, -0.1) is 0 Å². The van der Waals surface area contributed by atoms with Crippen LogP contribution in [0.5, 0.6) is 5.75 Å². The van der Waals surface area contributed by atoms with Gasteiger partial charge in [-0.05, 0) is 37.5 Å². The SMILES string of the molecule is CC(NC(=O)C1(N)CCOCC1)c1cccc(OC(F)F)c1. The lowest BCUT2D eigenvalue weighted by molar-refractivity contribution is -0.130. The molecule has 2 rings (SSSR count). The van der Waals surface area contributed by atoms with Crippen molar-refractivity contribution in [2.75, 3.05) is 13.2 Å². The Bertz CT molecular complexity index is 519. The Labute approximate surface area is 127 Å². The number of nitrogens with two attached hydrogens (primary N) is 1. The summed E-state index contributed by atoms with van der Waals surface area (Å²) in [5.74, 6) is -0.203. The third kappa shape index (κ3) is 4.14. The molecule has 0 radical (unpaired) electrons. The van der Waals surface area contributed by atoms with Crippen LogP contribution in [0.25, 0.3) is 0 Å². The Balaban J connectivity index is 2.02. The van der Waals surface area contributed by atoms with E-state index in [0.717, 1.165) is 0 Å². The maximum atomic E-state index is 12.3. The molecule has 1 aromatic rings. The van der Waals surface area contributed by atoms with Crippen molar-refractivity contribution in [3.8, 4) is 5.75 Å². The zero-order valence-corrected chi connectivity index (χ0v) is 12.4. The average molecular weight is 314 g/mol. The van der Waals surface area contributed by atoms with Gasteiger partial charge in [-0.1, -0.05) is 12.1 Å². The van der Waals surface area contributed by atoms with Crippen LogP contribution in [0.4, 0.5) is 8.78 Å². The van der Waals surface area contributed by atoms with Crippen LogP contribution in [0.2, 0.25) is 0 Å². The summed E-state index contributed by atoms with van der Waals surface area (Å²) in [7, 11) is 0. The lowest BCUT2D eigenvalue weighted by Gasteiger charge is -2.33. The van der Waals surface area contributed by atoms with E-state index in [4.69, 9.17) is 10.5 Å². The maximum absolute atomic E-state index is 12.3.